The van der Waals surface area contributed by atoms with Gasteiger partial charge in [-0.3, -0.25) is 4.79 Å². The van der Waals surface area contributed by atoms with Gasteiger partial charge in [-0.2, -0.15) is 0 Å². The number of ether oxygens (including phenoxy) is 3. The fraction of sp³-hybridized carbons (Fsp3) is 0.429. The molecule has 0 spiro atoms. The summed E-state index contributed by atoms with van der Waals surface area (Å²) in [5, 5.41) is 13.0. The molecule has 2 aliphatic rings. The molecule has 2 atom stereocenters. The van der Waals surface area contributed by atoms with Crippen molar-refractivity contribution in [1.82, 2.24) is 19.9 Å². The smallest absolute Gasteiger partial charge is 0.335 e. The zero-order valence-electron chi connectivity index (χ0n) is 26.1. The van der Waals surface area contributed by atoms with E-state index in [0.29, 0.717) is 36.8 Å². The molecule has 11 heteroatoms. The lowest BCUT2D eigenvalue weighted by molar-refractivity contribution is -0.0590. The topological polar surface area (TPSA) is 125 Å². The summed E-state index contributed by atoms with van der Waals surface area (Å²) in [6.07, 6.45) is 4.43. The summed E-state index contributed by atoms with van der Waals surface area (Å²) in [6.45, 7) is 4.68. The summed E-state index contributed by atoms with van der Waals surface area (Å²) in [5.41, 5.74) is 3.25. The lowest BCUT2D eigenvalue weighted by atomic mass is 9.98. The minimum atomic E-state index is -0.967. The number of methoxy groups -OCH3 is 1. The van der Waals surface area contributed by atoms with Crippen LogP contribution in [0.25, 0.3) is 11.0 Å². The van der Waals surface area contributed by atoms with Gasteiger partial charge in [-0.25, -0.2) is 19.2 Å². The molecule has 46 heavy (non-hydrogen) atoms. The van der Waals surface area contributed by atoms with E-state index in [4.69, 9.17) is 24.2 Å². The van der Waals surface area contributed by atoms with E-state index in [2.05, 4.69) is 16.8 Å². The fourth-order valence-corrected chi connectivity index (χ4v) is 5.84. The molecule has 2 aromatic heterocycles. The largest absolute Gasteiger partial charge is 0.496 e. The highest BCUT2D eigenvalue weighted by Gasteiger charge is 2.33. The Morgan fingerprint density at radius 3 is 2.67 bits per heavy atom. The van der Waals surface area contributed by atoms with Gasteiger partial charge in [-0.1, -0.05) is 13.0 Å². The van der Waals surface area contributed by atoms with E-state index in [0.717, 1.165) is 61.3 Å². The molecule has 0 amide bonds. The summed E-state index contributed by atoms with van der Waals surface area (Å²) >= 11 is 0. The Morgan fingerprint density at radius 1 is 1.15 bits per heavy atom. The van der Waals surface area contributed by atoms with Gasteiger partial charge >= 0.3 is 5.97 Å². The number of imidazole rings is 1. The van der Waals surface area contributed by atoms with Crippen molar-refractivity contribution in [1.29, 1.82) is 0 Å². The molecule has 2 N–H and O–H groups in total. The van der Waals surface area contributed by atoms with Gasteiger partial charge in [0.2, 0.25) is 5.88 Å². The summed E-state index contributed by atoms with van der Waals surface area (Å²) in [4.78, 5) is 33.6. The van der Waals surface area contributed by atoms with Crippen LogP contribution >= 0.6 is 0 Å². The zero-order valence-corrected chi connectivity index (χ0v) is 26.1. The SMILES string of the molecule is CCC(CCNCc1nc2ccc(C(=O)O)cc2n1CC1CCO1)c1cccc(OCc2cc(OC)c(C(=O)C3CC3)cc2F)n1. The van der Waals surface area contributed by atoms with Gasteiger partial charge in [0.25, 0.3) is 0 Å². The molecule has 2 aromatic carbocycles. The lowest BCUT2D eigenvalue weighted by Crippen LogP contribution is -2.32. The molecule has 1 aliphatic carbocycles. The summed E-state index contributed by atoms with van der Waals surface area (Å²) in [7, 11) is 1.48. The molecule has 0 radical (unpaired) electrons. The van der Waals surface area contributed by atoms with Crippen molar-refractivity contribution in [2.45, 2.75) is 70.7 Å². The summed E-state index contributed by atoms with van der Waals surface area (Å²) < 4.78 is 34.0. The van der Waals surface area contributed by atoms with Gasteiger partial charge in [0.05, 0.1) is 48.5 Å². The van der Waals surface area contributed by atoms with Gasteiger partial charge < -0.3 is 29.2 Å². The Hall–Kier alpha value is -4.35. The predicted octanol–water partition coefficient (Wildman–Crippen LogP) is 5.91. The number of carboxylic acids is 1. The number of aromatic nitrogens is 3. The predicted molar refractivity (Wildman–Crippen MR) is 169 cm³/mol. The Labute approximate surface area is 266 Å². The van der Waals surface area contributed by atoms with E-state index in [1.165, 1.54) is 19.2 Å². The number of carboxylic acid groups (broad SMARTS) is 1. The second kappa shape index (κ2) is 14.0. The molecule has 242 valence electrons. The maximum atomic E-state index is 14.9. The van der Waals surface area contributed by atoms with Crippen LogP contribution in [0.5, 0.6) is 11.6 Å². The summed E-state index contributed by atoms with van der Waals surface area (Å²) in [5.74, 6) is 0.175. The van der Waals surface area contributed by atoms with E-state index >= 15 is 0 Å². The number of benzene rings is 2. The number of hydrogen-bond donors (Lipinski definition) is 2. The van der Waals surface area contributed by atoms with E-state index < -0.39 is 11.8 Å². The number of carbonyl (C=O) groups excluding carboxylic acids is 1. The Kier molecular flexibility index (Phi) is 9.60. The molecule has 4 aromatic rings. The molecule has 1 saturated heterocycles. The number of carbonyl (C=O) groups is 2. The van der Waals surface area contributed by atoms with E-state index in [1.54, 1.807) is 24.3 Å². The number of hydrogen-bond acceptors (Lipinski definition) is 8. The number of ketones is 1. The highest BCUT2D eigenvalue weighted by atomic mass is 19.1. The fourth-order valence-electron chi connectivity index (χ4n) is 5.84. The second-order valence-corrected chi connectivity index (χ2v) is 12.0. The summed E-state index contributed by atoms with van der Waals surface area (Å²) in [6, 6.07) is 13.4. The van der Waals surface area contributed by atoms with Crippen LogP contribution in [0.1, 0.15) is 82.7 Å². The average Bonchev–Trinajstić information content (AvgIpc) is 3.83. The van der Waals surface area contributed by atoms with Crippen molar-refractivity contribution in [3.63, 3.8) is 0 Å². The van der Waals surface area contributed by atoms with Crippen molar-refractivity contribution in [3.8, 4) is 11.6 Å². The average molecular weight is 631 g/mol. The Morgan fingerprint density at radius 2 is 1.98 bits per heavy atom. The van der Waals surface area contributed by atoms with Crippen molar-refractivity contribution in [2.75, 3.05) is 20.3 Å². The van der Waals surface area contributed by atoms with Gasteiger partial charge in [0.15, 0.2) is 5.78 Å². The zero-order chi connectivity index (χ0) is 32.2. The number of rotatable bonds is 16. The molecular formula is C35H39FN4O6. The van der Waals surface area contributed by atoms with E-state index in [-0.39, 0.29) is 41.5 Å². The molecular weight excluding hydrogens is 591 g/mol. The normalized spacial score (nSPS) is 16.6. The van der Waals surface area contributed by atoms with E-state index in [9.17, 15) is 19.1 Å². The number of aromatic carboxylic acids is 1. The van der Waals surface area contributed by atoms with Crippen LogP contribution in [-0.4, -0.2) is 57.8 Å². The van der Waals surface area contributed by atoms with Gasteiger partial charge in [-0.15, -0.1) is 0 Å². The van der Waals surface area contributed by atoms with Gasteiger partial charge in [0, 0.05) is 35.8 Å². The van der Waals surface area contributed by atoms with Gasteiger partial charge in [-0.05, 0) is 75.0 Å². The molecule has 10 nitrogen and oxygen atoms in total. The molecule has 2 unspecified atom stereocenters. The molecule has 1 saturated carbocycles. The van der Waals surface area contributed by atoms with Crippen molar-refractivity contribution < 1.29 is 33.3 Å². The van der Waals surface area contributed by atoms with Crippen LogP contribution in [0.2, 0.25) is 0 Å². The molecule has 1 aliphatic heterocycles. The molecule has 2 fully saturated rings. The maximum Gasteiger partial charge on any atom is 0.335 e. The minimum absolute atomic E-state index is 0.0339. The van der Waals surface area contributed by atoms with Crippen LogP contribution < -0.4 is 14.8 Å². The maximum absolute atomic E-state index is 14.9. The Balaban J connectivity index is 1.07. The first-order chi connectivity index (χ1) is 22.3. The number of nitrogens with zero attached hydrogens (tertiary/aromatic N) is 3. The highest BCUT2D eigenvalue weighted by molar-refractivity contribution is 6.01. The number of halogens is 1. The van der Waals surface area contributed by atoms with Crippen LogP contribution in [-0.2, 0) is 24.4 Å². The van der Waals surface area contributed by atoms with Crippen LogP contribution in [0.4, 0.5) is 4.39 Å². The third-order valence-electron chi connectivity index (χ3n) is 8.82. The number of pyridine rings is 1. The highest BCUT2D eigenvalue weighted by Crippen LogP contribution is 2.36. The number of fused-ring (bicyclic) bond motifs is 1. The van der Waals surface area contributed by atoms with Crippen LogP contribution in [0.15, 0.2) is 48.5 Å². The monoisotopic (exact) mass is 630 g/mol. The molecule has 3 heterocycles. The van der Waals surface area contributed by atoms with Crippen molar-refractivity contribution in [2.24, 2.45) is 5.92 Å². The quantitative estimate of drug-likeness (QED) is 0.115. The molecule has 6 rings (SSSR count). The minimum Gasteiger partial charge on any atom is -0.496 e. The first kappa shape index (κ1) is 31.6. The van der Waals surface area contributed by atoms with Crippen LogP contribution in [0, 0.1) is 11.7 Å². The Bertz CT molecular complexity index is 1730. The molecule has 0 bridgehead atoms. The number of nitrogens with one attached hydrogen (secondary N) is 1. The lowest BCUT2D eigenvalue weighted by Gasteiger charge is -2.27. The number of Topliss-reactive ketones (excluding diaryl/α,β-unsaturated/α-hetero) is 1. The first-order valence-corrected chi connectivity index (χ1v) is 15.9. The first-order valence-electron chi connectivity index (χ1n) is 15.9. The third kappa shape index (κ3) is 7.05. The van der Waals surface area contributed by atoms with Crippen LogP contribution in [0.3, 0.4) is 0 Å². The van der Waals surface area contributed by atoms with Crippen molar-refractivity contribution in [3.05, 3.63) is 82.6 Å². The second-order valence-electron chi connectivity index (χ2n) is 12.0. The van der Waals surface area contributed by atoms with Gasteiger partial charge in [0.1, 0.15) is 24.0 Å². The standard InChI is InChI=1S/C35H39FN4O6/c1-3-21(11-13-37-18-32-38-29-10-9-23(35(42)43)15-30(29)40(32)19-25-12-14-45-25)28-5-4-6-33(39-28)46-20-24-16-31(44-2)26(17-27(24)36)34(41)22-7-8-22/h4-6,9-10,15-17,21-22,25,37H,3,7-8,11-14,18-20H2,1-2H3,(H,42,43). The van der Waals surface area contributed by atoms with Crippen molar-refractivity contribution >= 4 is 22.8 Å². The van der Waals surface area contributed by atoms with E-state index in [1.807, 2.05) is 12.1 Å². The third-order valence-corrected chi connectivity index (χ3v) is 8.82.